The molecule has 1 aliphatic rings. The second kappa shape index (κ2) is 6.84. The molecule has 2 heterocycles. The smallest absolute Gasteiger partial charge is 0.308 e. The van der Waals surface area contributed by atoms with Gasteiger partial charge in [-0.2, -0.15) is 5.01 Å². The van der Waals surface area contributed by atoms with Gasteiger partial charge in [-0.25, -0.2) is 0 Å². The van der Waals surface area contributed by atoms with Gasteiger partial charge in [0, 0.05) is 13.8 Å². The van der Waals surface area contributed by atoms with Gasteiger partial charge >= 0.3 is 5.97 Å². The van der Waals surface area contributed by atoms with Crippen LogP contribution in [0.3, 0.4) is 0 Å². The molecule has 0 radical (unpaired) electrons. The van der Waals surface area contributed by atoms with Crippen LogP contribution < -0.4 is 4.74 Å². The third-order valence-corrected chi connectivity index (χ3v) is 4.35. The fourth-order valence-corrected chi connectivity index (χ4v) is 3.18. The van der Waals surface area contributed by atoms with Crippen molar-refractivity contribution in [1.29, 1.82) is 0 Å². The Bertz CT molecular complexity index is 1110. The highest BCUT2D eigenvalue weighted by atomic mass is 16.6. The lowest BCUT2D eigenvalue weighted by Gasteiger charge is -2.22. The number of esters is 1. The molecular weight excluding hydrogens is 360 g/mol. The molecule has 0 spiro atoms. The molecule has 0 N–H and O–H groups in total. The number of carbonyl (C=O) groups excluding carboxylic acids is 2. The number of fused-ring (bicyclic) bond motifs is 1. The first-order chi connectivity index (χ1) is 13.4. The zero-order valence-electron chi connectivity index (χ0n) is 15.6. The molecule has 1 amide bonds. The number of furan rings is 1. The van der Waals surface area contributed by atoms with Crippen molar-refractivity contribution in [2.75, 3.05) is 0 Å². The van der Waals surface area contributed by atoms with E-state index in [1.807, 2.05) is 37.3 Å². The molecule has 0 saturated heterocycles. The number of hydrazone groups is 1. The summed E-state index contributed by atoms with van der Waals surface area (Å²) < 4.78 is 17.0. The SMILES string of the molecule is CC(=O)Oc1ccc2ccccc2c1[C@@H]1OC(c2ccc(C)o2)=NN1C(C)=O. The van der Waals surface area contributed by atoms with Crippen molar-refractivity contribution in [3.05, 3.63) is 65.6 Å². The zero-order valence-corrected chi connectivity index (χ0v) is 15.6. The maximum atomic E-state index is 12.3. The highest BCUT2D eigenvalue weighted by molar-refractivity contribution is 5.95. The Kier molecular flexibility index (Phi) is 4.35. The predicted octanol–water partition coefficient (Wildman–Crippen LogP) is 3.91. The van der Waals surface area contributed by atoms with Crippen LogP contribution in [0.1, 0.15) is 37.2 Å². The van der Waals surface area contributed by atoms with Crippen molar-refractivity contribution in [3.63, 3.8) is 0 Å². The molecule has 1 atom stereocenters. The van der Waals surface area contributed by atoms with Crippen LogP contribution in [0, 0.1) is 6.92 Å². The Labute approximate surface area is 161 Å². The van der Waals surface area contributed by atoms with Crippen molar-refractivity contribution in [2.24, 2.45) is 5.10 Å². The summed E-state index contributed by atoms with van der Waals surface area (Å²) >= 11 is 0. The first-order valence-electron chi connectivity index (χ1n) is 8.76. The molecule has 0 saturated carbocycles. The number of carbonyl (C=O) groups is 2. The van der Waals surface area contributed by atoms with Gasteiger partial charge in [0.15, 0.2) is 5.76 Å². The minimum absolute atomic E-state index is 0.190. The van der Waals surface area contributed by atoms with Gasteiger partial charge in [0.25, 0.3) is 5.90 Å². The molecule has 7 nitrogen and oxygen atoms in total. The molecule has 2 aromatic carbocycles. The van der Waals surface area contributed by atoms with E-state index in [-0.39, 0.29) is 11.8 Å². The second-order valence-corrected chi connectivity index (χ2v) is 6.44. The summed E-state index contributed by atoms with van der Waals surface area (Å²) in [5, 5.41) is 7.24. The summed E-state index contributed by atoms with van der Waals surface area (Å²) in [6.07, 6.45) is -0.890. The van der Waals surface area contributed by atoms with Crippen molar-refractivity contribution in [2.45, 2.75) is 27.0 Å². The van der Waals surface area contributed by atoms with E-state index in [1.165, 1.54) is 18.9 Å². The number of ether oxygens (including phenoxy) is 2. The monoisotopic (exact) mass is 378 g/mol. The van der Waals surface area contributed by atoms with E-state index < -0.39 is 12.2 Å². The van der Waals surface area contributed by atoms with Crippen LogP contribution in [0.2, 0.25) is 0 Å². The Morgan fingerprint density at radius 2 is 1.86 bits per heavy atom. The van der Waals surface area contributed by atoms with E-state index >= 15 is 0 Å². The molecule has 0 bridgehead atoms. The summed E-state index contributed by atoms with van der Waals surface area (Å²) in [7, 11) is 0. The Morgan fingerprint density at radius 1 is 1.07 bits per heavy atom. The van der Waals surface area contributed by atoms with E-state index in [4.69, 9.17) is 13.9 Å². The molecule has 1 aliphatic heterocycles. The van der Waals surface area contributed by atoms with Gasteiger partial charge < -0.3 is 13.9 Å². The molecule has 4 rings (SSSR count). The topological polar surface area (TPSA) is 81.3 Å². The van der Waals surface area contributed by atoms with Gasteiger partial charge in [-0.1, -0.05) is 30.3 Å². The van der Waals surface area contributed by atoms with Crippen LogP contribution in [-0.2, 0) is 14.3 Å². The van der Waals surface area contributed by atoms with Crippen LogP contribution in [0.15, 0.2) is 58.0 Å². The zero-order chi connectivity index (χ0) is 19.8. The number of benzene rings is 2. The standard InChI is InChI=1S/C21H18N2O5/c1-12-8-10-18(26-12)20-22-23(13(2)24)21(28-20)19-16-7-5-4-6-15(16)9-11-17(19)27-14(3)25/h4-11,21H,1-3H3/t21-/m0/s1. The van der Waals surface area contributed by atoms with E-state index in [1.54, 1.807) is 18.2 Å². The van der Waals surface area contributed by atoms with E-state index in [9.17, 15) is 9.59 Å². The number of rotatable bonds is 3. The maximum Gasteiger partial charge on any atom is 0.308 e. The first kappa shape index (κ1) is 17.8. The number of nitrogens with zero attached hydrogens (tertiary/aromatic N) is 2. The van der Waals surface area contributed by atoms with E-state index in [2.05, 4.69) is 5.10 Å². The van der Waals surface area contributed by atoms with Crippen molar-refractivity contribution >= 4 is 28.5 Å². The summed E-state index contributed by atoms with van der Waals surface area (Å²) in [4.78, 5) is 23.9. The number of hydrogen-bond donors (Lipinski definition) is 0. The fourth-order valence-electron chi connectivity index (χ4n) is 3.18. The number of amides is 1. The third kappa shape index (κ3) is 3.11. The van der Waals surface area contributed by atoms with Gasteiger partial charge in [-0.15, -0.1) is 5.10 Å². The highest BCUT2D eigenvalue weighted by Gasteiger charge is 2.37. The minimum atomic E-state index is -0.890. The largest absolute Gasteiger partial charge is 0.456 e. The highest BCUT2D eigenvalue weighted by Crippen LogP contribution is 2.40. The predicted molar refractivity (Wildman–Crippen MR) is 102 cm³/mol. The quantitative estimate of drug-likeness (QED) is 0.510. The first-order valence-corrected chi connectivity index (χ1v) is 8.76. The molecule has 7 heteroatoms. The Hall–Kier alpha value is -3.61. The Balaban J connectivity index is 1.86. The Morgan fingerprint density at radius 3 is 2.54 bits per heavy atom. The molecule has 142 valence electrons. The number of aryl methyl sites for hydroxylation is 1. The molecular formula is C21H18N2O5. The maximum absolute atomic E-state index is 12.3. The summed E-state index contributed by atoms with van der Waals surface area (Å²) in [6.45, 7) is 4.53. The second-order valence-electron chi connectivity index (χ2n) is 6.44. The minimum Gasteiger partial charge on any atom is -0.456 e. The van der Waals surface area contributed by atoms with Crippen LogP contribution in [-0.4, -0.2) is 22.8 Å². The molecule has 0 aliphatic carbocycles. The summed E-state index contributed by atoms with van der Waals surface area (Å²) in [5.41, 5.74) is 0.547. The van der Waals surface area contributed by atoms with Crippen LogP contribution in [0.25, 0.3) is 10.8 Å². The number of hydrogen-bond acceptors (Lipinski definition) is 6. The summed E-state index contributed by atoms with van der Waals surface area (Å²) in [5.74, 6) is 0.839. The molecule has 3 aromatic rings. The van der Waals surface area contributed by atoms with Gasteiger partial charge in [0.2, 0.25) is 12.1 Å². The fraction of sp³-hybridized carbons (Fsp3) is 0.190. The van der Waals surface area contributed by atoms with Crippen LogP contribution in [0.5, 0.6) is 5.75 Å². The molecule has 0 fully saturated rings. The lowest BCUT2D eigenvalue weighted by Crippen LogP contribution is -2.26. The lowest BCUT2D eigenvalue weighted by atomic mass is 10.0. The third-order valence-electron chi connectivity index (χ3n) is 4.35. The normalized spacial score (nSPS) is 16.0. The lowest BCUT2D eigenvalue weighted by molar-refractivity contribution is -0.135. The summed E-state index contributed by atoms with van der Waals surface area (Å²) in [6, 6.07) is 14.6. The van der Waals surface area contributed by atoms with Gasteiger partial charge in [-0.05, 0) is 35.9 Å². The van der Waals surface area contributed by atoms with Crippen molar-refractivity contribution < 1.29 is 23.5 Å². The van der Waals surface area contributed by atoms with E-state index in [0.717, 1.165) is 10.8 Å². The molecule has 28 heavy (non-hydrogen) atoms. The average molecular weight is 378 g/mol. The van der Waals surface area contributed by atoms with Gasteiger partial charge in [0.05, 0.1) is 5.56 Å². The van der Waals surface area contributed by atoms with E-state index in [0.29, 0.717) is 22.8 Å². The van der Waals surface area contributed by atoms with Crippen LogP contribution >= 0.6 is 0 Å². The van der Waals surface area contributed by atoms with Gasteiger partial charge in [0.1, 0.15) is 11.5 Å². The van der Waals surface area contributed by atoms with Gasteiger partial charge in [-0.3, -0.25) is 9.59 Å². The van der Waals surface area contributed by atoms with Crippen molar-refractivity contribution in [1.82, 2.24) is 5.01 Å². The molecule has 1 aromatic heterocycles. The van der Waals surface area contributed by atoms with Crippen molar-refractivity contribution in [3.8, 4) is 5.75 Å². The molecule has 0 unspecified atom stereocenters. The van der Waals surface area contributed by atoms with Crippen LogP contribution in [0.4, 0.5) is 0 Å². The average Bonchev–Trinajstić information content (AvgIpc) is 3.27.